The van der Waals surface area contributed by atoms with E-state index in [2.05, 4.69) is 4.98 Å². The maximum absolute atomic E-state index is 11.9. The first-order valence-corrected chi connectivity index (χ1v) is 5.44. The van der Waals surface area contributed by atoms with E-state index in [-0.39, 0.29) is 24.1 Å². The van der Waals surface area contributed by atoms with Gasteiger partial charge in [0, 0.05) is 19.4 Å². The molecule has 5 nitrogen and oxygen atoms in total. The summed E-state index contributed by atoms with van der Waals surface area (Å²) in [6.07, 6.45) is 2.85. The number of ether oxygens (including phenoxy) is 1. The van der Waals surface area contributed by atoms with Crippen molar-refractivity contribution in [1.29, 1.82) is 0 Å². The lowest BCUT2D eigenvalue weighted by Gasteiger charge is -2.16. The molecule has 0 aliphatic rings. The molecule has 17 heavy (non-hydrogen) atoms. The van der Waals surface area contributed by atoms with E-state index >= 15 is 0 Å². The van der Waals surface area contributed by atoms with Gasteiger partial charge in [-0.25, -0.2) is 0 Å². The second-order valence-corrected chi connectivity index (χ2v) is 3.73. The molecule has 0 saturated carbocycles. The first kappa shape index (κ1) is 13.4. The molecular weight excluding hydrogens is 244 g/mol. The van der Waals surface area contributed by atoms with Crippen molar-refractivity contribution in [3.05, 3.63) is 29.0 Å². The van der Waals surface area contributed by atoms with Gasteiger partial charge in [0.2, 0.25) is 0 Å². The van der Waals surface area contributed by atoms with Crippen LogP contribution in [0, 0.1) is 0 Å². The summed E-state index contributed by atoms with van der Waals surface area (Å²) < 4.78 is 4.75. The Kier molecular flexibility index (Phi) is 4.90. The standard InChI is InChI=1S/C11H13ClN2O3/c1-3-17-10(15)7-14(2)11(16)8-4-5-13-6-9(8)12/h4-6H,3,7H2,1-2H3. The number of carbonyl (C=O) groups excluding carboxylic acids is 2. The van der Waals surface area contributed by atoms with Crippen LogP contribution in [-0.2, 0) is 9.53 Å². The molecule has 0 radical (unpaired) electrons. The number of esters is 1. The highest BCUT2D eigenvalue weighted by molar-refractivity contribution is 6.33. The van der Waals surface area contributed by atoms with Crippen molar-refractivity contribution in [2.45, 2.75) is 6.92 Å². The van der Waals surface area contributed by atoms with Crippen LogP contribution in [0.15, 0.2) is 18.5 Å². The summed E-state index contributed by atoms with van der Waals surface area (Å²) in [5.74, 6) is -0.793. The highest BCUT2D eigenvalue weighted by Crippen LogP contribution is 2.15. The van der Waals surface area contributed by atoms with Gasteiger partial charge < -0.3 is 9.64 Å². The molecule has 0 saturated heterocycles. The van der Waals surface area contributed by atoms with Crippen molar-refractivity contribution in [3.63, 3.8) is 0 Å². The van der Waals surface area contributed by atoms with E-state index in [9.17, 15) is 9.59 Å². The number of likely N-dealkylation sites (N-methyl/N-ethyl adjacent to an activating group) is 1. The Labute approximate surface area is 104 Å². The van der Waals surface area contributed by atoms with E-state index in [0.29, 0.717) is 5.56 Å². The summed E-state index contributed by atoms with van der Waals surface area (Å²) in [6.45, 7) is 1.89. The average Bonchev–Trinajstić information content (AvgIpc) is 2.29. The van der Waals surface area contributed by atoms with Crippen molar-refractivity contribution in [2.24, 2.45) is 0 Å². The maximum Gasteiger partial charge on any atom is 0.325 e. The quantitative estimate of drug-likeness (QED) is 0.764. The van der Waals surface area contributed by atoms with Crippen LogP contribution >= 0.6 is 11.6 Å². The molecule has 0 fully saturated rings. The molecule has 0 aliphatic carbocycles. The first-order valence-electron chi connectivity index (χ1n) is 5.06. The Balaban J connectivity index is 2.70. The van der Waals surface area contributed by atoms with Crippen LogP contribution in [-0.4, -0.2) is 42.0 Å². The van der Waals surface area contributed by atoms with Crippen molar-refractivity contribution >= 4 is 23.5 Å². The number of rotatable bonds is 4. The lowest BCUT2D eigenvalue weighted by molar-refractivity contribution is -0.143. The highest BCUT2D eigenvalue weighted by Gasteiger charge is 2.17. The Bertz CT molecular complexity index is 423. The predicted octanol–water partition coefficient (Wildman–Crippen LogP) is 1.37. The number of carbonyl (C=O) groups is 2. The van der Waals surface area contributed by atoms with Crippen LogP contribution in [0.25, 0.3) is 0 Å². The molecule has 1 rings (SSSR count). The van der Waals surface area contributed by atoms with Crippen molar-refractivity contribution in [1.82, 2.24) is 9.88 Å². The number of hydrogen-bond acceptors (Lipinski definition) is 4. The molecule has 0 aliphatic heterocycles. The van der Waals surface area contributed by atoms with Crippen LogP contribution in [0.3, 0.4) is 0 Å². The van der Waals surface area contributed by atoms with Gasteiger partial charge in [0.1, 0.15) is 6.54 Å². The third kappa shape index (κ3) is 3.71. The molecule has 0 bridgehead atoms. The second kappa shape index (κ2) is 6.20. The SMILES string of the molecule is CCOC(=O)CN(C)C(=O)c1ccncc1Cl. The van der Waals surface area contributed by atoms with Gasteiger partial charge in [0.05, 0.1) is 17.2 Å². The van der Waals surface area contributed by atoms with Crippen LogP contribution in [0.4, 0.5) is 0 Å². The normalized spacial score (nSPS) is 9.82. The molecule has 0 spiro atoms. The Morgan fingerprint density at radius 3 is 2.82 bits per heavy atom. The minimum atomic E-state index is -0.450. The number of amides is 1. The zero-order valence-electron chi connectivity index (χ0n) is 9.64. The summed E-state index contributed by atoms with van der Waals surface area (Å²) in [5, 5.41) is 0.258. The van der Waals surface area contributed by atoms with Crippen LogP contribution < -0.4 is 0 Å². The van der Waals surface area contributed by atoms with E-state index < -0.39 is 5.97 Å². The van der Waals surface area contributed by atoms with Crippen LogP contribution in [0.2, 0.25) is 5.02 Å². The minimum Gasteiger partial charge on any atom is -0.465 e. The summed E-state index contributed by atoms with van der Waals surface area (Å²) in [6, 6.07) is 1.51. The van der Waals surface area contributed by atoms with E-state index in [1.54, 1.807) is 6.92 Å². The Morgan fingerprint density at radius 2 is 2.24 bits per heavy atom. The fourth-order valence-corrected chi connectivity index (χ4v) is 1.43. The van der Waals surface area contributed by atoms with Gasteiger partial charge in [-0.2, -0.15) is 0 Å². The van der Waals surface area contributed by atoms with Gasteiger partial charge in [-0.05, 0) is 13.0 Å². The van der Waals surface area contributed by atoms with Crippen molar-refractivity contribution < 1.29 is 14.3 Å². The molecule has 1 amide bonds. The monoisotopic (exact) mass is 256 g/mol. The zero-order valence-corrected chi connectivity index (χ0v) is 10.4. The number of aromatic nitrogens is 1. The molecule has 92 valence electrons. The Morgan fingerprint density at radius 1 is 1.53 bits per heavy atom. The van der Waals surface area contributed by atoms with Gasteiger partial charge in [0.15, 0.2) is 0 Å². The van der Waals surface area contributed by atoms with Gasteiger partial charge >= 0.3 is 5.97 Å². The van der Waals surface area contributed by atoms with E-state index in [0.717, 1.165) is 0 Å². The minimum absolute atomic E-state index is 0.106. The fourth-order valence-electron chi connectivity index (χ4n) is 1.23. The molecule has 0 aromatic carbocycles. The van der Waals surface area contributed by atoms with Crippen LogP contribution in [0.1, 0.15) is 17.3 Å². The summed E-state index contributed by atoms with van der Waals surface area (Å²) >= 11 is 5.83. The molecule has 1 aromatic rings. The van der Waals surface area contributed by atoms with E-state index in [1.165, 1.54) is 30.4 Å². The predicted molar refractivity (Wildman–Crippen MR) is 62.8 cm³/mol. The molecule has 1 aromatic heterocycles. The Hall–Kier alpha value is -1.62. The summed E-state index contributed by atoms with van der Waals surface area (Å²) in [5.41, 5.74) is 0.313. The topological polar surface area (TPSA) is 59.5 Å². The fraction of sp³-hybridized carbons (Fsp3) is 0.364. The number of nitrogens with zero attached hydrogens (tertiary/aromatic N) is 2. The van der Waals surface area contributed by atoms with E-state index in [4.69, 9.17) is 16.3 Å². The van der Waals surface area contributed by atoms with Gasteiger partial charge in [-0.1, -0.05) is 11.6 Å². The molecule has 0 N–H and O–H groups in total. The molecule has 1 heterocycles. The summed E-state index contributed by atoms with van der Waals surface area (Å²) in [4.78, 5) is 28.2. The maximum atomic E-state index is 11.9. The van der Waals surface area contributed by atoms with Crippen LogP contribution in [0.5, 0.6) is 0 Å². The number of halogens is 1. The van der Waals surface area contributed by atoms with Gasteiger partial charge in [-0.15, -0.1) is 0 Å². The van der Waals surface area contributed by atoms with Crippen molar-refractivity contribution in [3.8, 4) is 0 Å². The highest BCUT2D eigenvalue weighted by atomic mass is 35.5. The van der Waals surface area contributed by atoms with E-state index in [1.807, 2.05) is 0 Å². The van der Waals surface area contributed by atoms with Gasteiger partial charge in [-0.3, -0.25) is 14.6 Å². The molecule has 6 heteroatoms. The number of hydrogen-bond donors (Lipinski definition) is 0. The van der Waals surface area contributed by atoms with Gasteiger partial charge in [0.25, 0.3) is 5.91 Å². The zero-order chi connectivity index (χ0) is 12.8. The third-order valence-electron chi connectivity index (χ3n) is 2.02. The van der Waals surface area contributed by atoms with Crippen molar-refractivity contribution in [2.75, 3.05) is 20.2 Å². The second-order valence-electron chi connectivity index (χ2n) is 3.32. The smallest absolute Gasteiger partial charge is 0.325 e. The largest absolute Gasteiger partial charge is 0.465 e. The third-order valence-corrected chi connectivity index (χ3v) is 2.32. The lowest BCUT2D eigenvalue weighted by Crippen LogP contribution is -2.33. The number of pyridine rings is 1. The average molecular weight is 257 g/mol. The lowest BCUT2D eigenvalue weighted by atomic mass is 10.2. The molecule has 0 atom stereocenters. The molecular formula is C11H13ClN2O3. The first-order chi connectivity index (χ1) is 8.06. The summed E-state index contributed by atoms with van der Waals surface area (Å²) in [7, 11) is 1.51. The molecule has 0 unspecified atom stereocenters.